The van der Waals surface area contributed by atoms with Crippen molar-refractivity contribution in [2.45, 2.75) is 27.7 Å². The van der Waals surface area contributed by atoms with Gasteiger partial charge in [0.25, 0.3) is 0 Å². The number of rotatable bonds is 2. The van der Waals surface area contributed by atoms with Crippen LogP contribution in [-0.2, 0) is 0 Å². The standard InChI is InChI=1S/C15H20Si/c1-10-11(2)13(4)15(12(10)3)16-14-8-6-5-7-9-14/h5-9,12H,16H2,1-4H3. The molecule has 0 N–H and O–H groups in total. The lowest BCUT2D eigenvalue weighted by Gasteiger charge is -2.12. The number of allylic oxidation sites excluding steroid dienone is 4. The maximum Gasteiger partial charge on any atom is 0.0835 e. The van der Waals surface area contributed by atoms with Crippen LogP contribution in [0.1, 0.15) is 27.7 Å². The van der Waals surface area contributed by atoms with E-state index in [2.05, 4.69) is 58.0 Å². The fraction of sp³-hybridized carbons (Fsp3) is 0.333. The molecule has 1 unspecified atom stereocenters. The molecule has 0 heterocycles. The van der Waals surface area contributed by atoms with Gasteiger partial charge in [0.1, 0.15) is 0 Å². The summed E-state index contributed by atoms with van der Waals surface area (Å²) in [6.07, 6.45) is 0. The van der Waals surface area contributed by atoms with Gasteiger partial charge in [-0.15, -0.1) is 0 Å². The van der Waals surface area contributed by atoms with Crippen molar-refractivity contribution >= 4 is 14.7 Å². The minimum atomic E-state index is -0.256. The van der Waals surface area contributed by atoms with Crippen molar-refractivity contribution in [2.24, 2.45) is 5.92 Å². The molecule has 1 atom stereocenters. The highest BCUT2D eigenvalue weighted by molar-refractivity contribution is 6.61. The summed E-state index contributed by atoms with van der Waals surface area (Å²) in [6, 6.07) is 11.0. The molecule has 16 heavy (non-hydrogen) atoms. The Hall–Kier alpha value is -1.08. The maximum atomic E-state index is 2.36. The van der Waals surface area contributed by atoms with Crippen molar-refractivity contribution < 1.29 is 0 Å². The molecule has 0 aliphatic heterocycles. The lowest BCUT2D eigenvalue weighted by atomic mass is 10.1. The lowest BCUT2D eigenvalue weighted by molar-refractivity contribution is 0.856. The summed E-state index contributed by atoms with van der Waals surface area (Å²) in [5, 5.41) is 3.30. The number of benzene rings is 1. The van der Waals surface area contributed by atoms with Gasteiger partial charge in [0.2, 0.25) is 0 Å². The number of hydrogen-bond donors (Lipinski definition) is 0. The highest BCUT2D eigenvalue weighted by Crippen LogP contribution is 2.35. The SMILES string of the molecule is CC1=C(C)C(C)C([SiH2]c2ccccc2)=C1C. The molecule has 0 saturated carbocycles. The van der Waals surface area contributed by atoms with E-state index in [-0.39, 0.29) is 9.52 Å². The van der Waals surface area contributed by atoms with E-state index >= 15 is 0 Å². The van der Waals surface area contributed by atoms with Crippen LogP contribution in [-0.4, -0.2) is 9.52 Å². The third kappa shape index (κ3) is 1.92. The van der Waals surface area contributed by atoms with E-state index < -0.39 is 0 Å². The van der Waals surface area contributed by atoms with E-state index in [1.54, 1.807) is 21.5 Å². The molecule has 0 nitrogen and oxygen atoms in total. The molecule has 1 aromatic rings. The van der Waals surface area contributed by atoms with Crippen molar-refractivity contribution in [3.8, 4) is 0 Å². The van der Waals surface area contributed by atoms with Crippen molar-refractivity contribution in [1.29, 1.82) is 0 Å². The summed E-state index contributed by atoms with van der Waals surface area (Å²) in [4.78, 5) is 0. The van der Waals surface area contributed by atoms with E-state index in [9.17, 15) is 0 Å². The van der Waals surface area contributed by atoms with Gasteiger partial charge in [-0.1, -0.05) is 58.8 Å². The van der Waals surface area contributed by atoms with E-state index in [1.807, 2.05) is 0 Å². The quantitative estimate of drug-likeness (QED) is 0.683. The van der Waals surface area contributed by atoms with Gasteiger partial charge in [-0.05, 0) is 32.3 Å². The van der Waals surface area contributed by atoms with Gasteiger partial charge in [0.05, 0.1) is 9.52 Å². The van der Waals surface area contributed by atoms with Crippen LogP contribution in [0.25, 0.3) is 0 Å². The monoisotopic (exact) mass is 228 g/mol. The molecule has 0 saturated heterocycles. The van der Waals surface area contributed by atoms with E-state index in [1.165, 1.54) is 5.57 Å². The highest BCUT2D eigenvalue weighted by atomic mass is 28.2. The summed E-state index contributed by atoms with van der Waals surface area (Å²) >= 11 is 0. The summed E-state index contributed by atoms with van der Waals surface area (Å²) in [6.45, 7) is 9.22. The second kappa shape index (κ2) is 4.42. The molecule has 0 radical (unpaired) electrons. The Labute approximate surface area is 101 Å². The van der Waals surface area contributed by atoms with Gasteiger partial charge in [-0.3, -0.25) is 0 Å². The van der Waals surface area contributed by atoms with Crippen LogP contribution >= 0.6 is 0 Å². The van der Waals surface area contributed by atoms with Crippen LogP contribution in [0.4, 0.5) is 0 Å². The molecule has 2 rings (SSSR count). The predicted octanol–water partition coefficient (Wildman–Crippen LogP) is 2.74. The summed E-state index contributed by atoms with van der Waals surface area (Å²) in [5.74, 6) is 0.687. The minimum absolute atomic E-state index is 0.256. The van der Waals surface area contributed by atoms with Crippen molar-refractivity contribution in [1.82, 2.24) is 0 Å². The fourth-order valence-corrected chi connectivity index (χ4v) is 4.64. The first-order valence-electron chi connectivity index (χ1n) is 6.02. The third-order valence-corrected chi connectivity index (χ3v) is 6.45. The molecule has 0 aromatic heterocycles. The van der Waals surface area contributed by atoms with Crippen LogP contribution in [0.5, 0.6) is 0 Å². The van der Waals surface area contributed by atoms with Crippen molar-refractivity contribution in [3.05, 3.63) is 52.2 Å². The molecule has 1 aliphatic carbocycles. The van der Waals surface area contributed by atoms with Gasteiger partial charge in [-0.2, -0.15) is 0 Å². The van der Waals surface area contributed by atoms with Crippen LogP contribution in [0.3, 0.4) is 0 Å². The molecule has 84 valence electrons. The lowest BCUT2D eigenvalue weighted by Crippen LogP contribution is -2.19. The van der Waals surface area contributed by atoms with Crippen LogP contribution in [0, 0.1) is 5.92 Å². The average molecular weight is 228 g/mol. The van der Waals surface area contributed by atoms with Crippen LogP contribution in [0.15, 0.2) is 52.2 Å². The zero-order chi connectivity index (χ0) is 11.7. The molecule has 1 heteroatoms. The minimum Gasteiger partial charge on any atom is -0.0728 e. The predicted molar refractivity (Wildman–Crippen MR) is 74.9 cm³/mol. The molecule has 1 aliphatic rings. The Kier molecular flexibility index (Phi) is 3.15. The molecular formula is C15H20Si. The van der Waals surface area contributed by atoms with E-state index in [4.69, 9.17) is 0 Å². The van der Waals surface area contributed by atoms with E-state index in [0.29, 0.717) is 5.92 Å². The van der Waals surface area contributed by atoms with Gasteiger partial charge < -0.3 is 0 Å². The van der Waals surface area contributed by atoms with E-state index in [0.717, 1.165) is 0 Å². The fourth-order valence-electron chi connectivity index (χ4n) is 2.55. The Bertz CT molecular complexity index is 452. The molecule has 0 fully saturated rings. The second-order valence-electron chi connectivity index (χ2n) is 4.84. The summed E-state index contributed by atoms with van der Waals surface area (Å²) in [5.41, 5.74) is 4.68. The first-order valence-corrected chi connectivity index (χ1v) is 7.44. The molecule has 0 spiro atoms. The Balaban J connectivity index is 2.26. The normalized spacial score (nSPS) is 21.6. The Morgan fingerprint density at radius 2 is 1.56 bits per heavy atom. The molecule has 0 amide bonds. The number of hydrogen-bond acceptors (Lipinski definition) is 0. The van der Waals surface area contributed by atoms with Gasteiger partial charge in [-0.25, -0.2) is 0 Å². The van der Waals surface area contributed by atoms with Crippen molar-refractivity contribution in [3.63, 3.8) is 0 Å². The zero-order valence-electron chi connectivity index (χ0n) is 10.7. The van der Waals surface area contributed by atoms with Gasteiger partial charge in [0.15, 0.2) is 0 Å². The first-order chi connectivity index (χ1) is 7.61. The van der Waals surface area contributed by atoms with Crippen LogP contribution < -0.4 is 5.19 Å². The average Bonchev–Trinajstić information content (AvgIpc) is 2.48. The topological polar surface area (TPSA) is 0 Å². The Morgan fingerprint density at radius 1 is 0.938 bits per heavy atom. The largest absolute Gasteiger partial charge is 0.0835 e. The van der Waals surface area contributed by atoms with Crippen molar-refractivity contribution in [2.75, 3.05) is 0 Å². The zero-order valence-corrected chi connectivity index (χ0v) is 12.1. The third-order valence-electron chi connectivity index (χ3n) is 4.05. The Morgan fingerprint density at radius 3 is 2.06 bits per heavy atom. The smallest absolute Gasteiger partial charge is 0.0728 e. The van der Waals surface area contributed by atoms with Gasteiger partial charge in [0, 0.05) is 0 Å². The maximum absolute atomic E-state index is 2.36. The first kappa shape index (κ1) is 11.4. The molecular weight excluding hydrogens is 208 g/mol. The van der Waals surface area contributed by atoms with Gasteiger partial charge >= 0.3 is 0 Å². The summed E-state index contributed by atoms with van der Waals surface area (Å²) < 4.78 is 0. The molecule has 1 aromatic carbocycles. The molecule has 0 bridgehead atoms. The summed E-state index contributed by atoms with van der Waals surface area (Å²) in [7, 11) is -0.256. The second-order valence-corrected chi connectivity index (χ2v) is 6.77. The van der Waals surface area contributed by atoms with Crippen LogP contribution in [0.2, 0.25) is 0 Å². The highest BCUT2D eigenvalue weighted by Gasteiger charge is 2.23.